The van der Waals surface area contributed by atoms with E-state index in [9.17, 15) is 4.79 Å². The van der Waals surface area contributed by atoms with E-state index >= 15 is 0 Å². The molecule has 0 amide bonds. The highest BCUT2D eigenvalue weighted by Crippen LogP contribution is 2.18. The second-order valence-corrected chi connectivity index (χ2v) is 3.58. The lowest BCUT2D eigenvalue weighted by atomic mass is 10.2. The minimum atomic E-state index is -0.371. The van der Waals surface area contributed by atoms with Gasteiger partial charge in [-0.2, -0.15) is 0 Å². The number of carbonyl (C=O) groups is 1. The van der Waals surface area contributed by atoms with Gasteiger partial charge in [-0.3, -0.25) is 0 Å². The van der Waals surface area contributed by atoms with E-state index in [1.54, 1.807) is 18.2 Å². The second kappa shape index (κ2) is 9.86. The summed E-state index contributed by atoms with van der Waals surface area (Å²) in [5.74, 6) is 0.195. The largest absolute Gasteiger partial charge is 0.493 e. The molecule has 0 radical (unpaired) electrons. The maximum atomic E-state index is 11.2. The van der Waals surface area contributed by atoms with Crippen LogP contribution in [0.2, 0.25) is 0 Å². The zero-order valence-corrected chi connectivity index (χ0v) is 12.9. The van der Waals surface area contributed by atoms with Crippen molar-refractivity contribution in [3.63, 3.8) is 0 Å². The average Bonchev–Trinajstić information content (AvgIpc) is 2.39. The van der Waals surface area contributed by atoms with E-state index in [2.05, 4.69) is 9.16 Å². The average molecular weight is 256 g/mol. The van der Waals surface area contributed by atoms with Crippen molar-refractivity contribution in [2.45, 2.75) is 13.8 Å². The Kier molecular flexibility index (Phi) is 9.09. The summed E-state index contributed by atoms with van der Waals surface area (Å²) in [5.41, 5.74) is 0.465. The fourth-order valence-corrected chi connectivity index (χ4v) is 1.03. The first-order valence-electron chi connectivity index (χ1n) is 5.50. The monoisotopic (exact) mass is 256 g/mol. The van der Waals surface area contributed by atoms with Crippen molar-refractivity contribution >= 4 is 16.5 Å². The summed E-state index contributed by atoms with van der Waals surface area (Å²) < 4.78 is 14.5. The Bertz CT molecular complexity index is 326. The topological polar surface area (TPSA) is 44.8 Å². The molecule has 0 N–H and O–H groups in total. The lowest BCUT2D eigenvalue weighted by Crippen LogP contribution is -2.05. The molecule has 0 unspecified atom stereocenters. The van der Waals surface area contributed by atoms with Gasteiger partial charge >= 0.3 is 5.97 Å². The standard InChI is InChI=1S/C10H12O3.C2H8OSi/c1-3-13-9-7-5-4-6-8(9)10(11)12-2;1-2-3-4/h4-7H,3H2,1-2H3;2H2,1,4H3. The van der Waals surface area contributed by atoms with Crippen LogP contribution in [0.5, 0.6) is 5.75 Å². The van der Waals surface area contributed by atoms with Gasteiger partial charge in [-0.25, -0.2) is 4.79 Å². The second-order valence-electron chi connectivity index (χ2n) is 3.00. The Balaban J connectivity index is 0.000000557. The molecule has 1 rings (SSSR count). The molecule has 17 heavy (non-hydrogen) atoms. The number of hydrogen-bond acceptors (Lipinski definition) is 4. The molecule has 4 nitrogen and oxygen atoms in total. The van der Waals surface area contributed by atoms with Crippen molar-refractivity contribution in [1.82, 2.24) is 0 Å². The third-order valence-electron chi connectivity index (χ3n) is 1.88. The smallest absolute Gasteiger partial charge is 0.341 e. The molecule has 1 aromatic carbocycles. The Morgan fingerprint density at radius 3 is 2.29 bits per heavy atom. The van der Waals surface area contributed by atoms with Crippen LogP contribution in [0.15, 0.2) is 24.3 Å². The lowest BCUT2D eigenvalue weighted by Gasteiger charge is -2.07. The van der Waals surface area contributed by atoms with E-state index in [0.717, 1.165) is 17.1 Å². The maximum absolute atomic E-state index is 11.2. The maximum Gasteiger partial charge on any atom is 0.341 e. The first kappa shape index (κ1) is 15.7. The SMILES string of the molecule is CCO[SiH3].CCOc1ccccc1C(=O)OC. The van der Waals surface area contributed by atoms with E-state index in [4.69, 9.17) is 4.74 Å². The molecule has 5 heteroatoms. The zero-order chi connectivity index (χ0) is 13.1. The molecule has 96 valence electrons. The molecule has 0 spiro atoms. The van der Waals surface area contributed by atoms with Gasteiger partial charge in [0.2, 0.25) is 0 Å². The van der Waals surface area contributed by atoms with E-state index < -0.39 is 0 Å². The number of ether oxygens (including phenoxy) is 2. The van der Waals surface area contributed by atoms with E-state index in [1.807, 2.05) is 19.9 Å². The minimum absolute atomic E-state index is 0.371. The molecule has 0 aliphatic rings. The lowest BCUT2D eigenvalue weighted by molar-refractivity contribution is 0.0596. The van der Waals surface area contributed by atoms with Crippen LogP contribution in [0, 0.1) is 0 Å². The van der Waals surface area contributed by atoms with Crippen LogP contribution in [-0.2, 0) is 9.16 Å². The van der Waals surface area contributed by atoms with Gasteiger partial charge in [0.25, 0.3) is 0 Å². The van der Waals surface area contributed by atoms with Crippen LogP contribution in [0.25, 0.3) is 0 Å². The quantitative estimate of drug-likeness (QED) is 0.599. The molecule has 0 aliphatic heterocycles. The van der Waals surface area contributed by atoms with Gasteiger partial charge in [0.15, 0.2) is 0 Å². The molecular formula is C12H20O4Si. The molecule has 0 saturated heterocycles. The van der Waals surface area contributed by atoms with Crippen LogP contribution in [0.1, 0.15) is 24.2 Å². The summed E-state index contributed by atoms with van der Waals surface area (Å²) in [6.07, 6.45) is 0. The molecule has 0 atom stereocenters. The number of para-hydroxylation sites is 1. The fraction of sp³-hybridized carbons (Fsp3) is 0.417. The summed E-state index contributed by atoms with van der Waals surface area (Å²) in [6.45, 7) is 5.28. The molecule has 0 aliphatic carbocycles. The van der Waals surface area contributed by atoms with Crippen molar-refractivity contribution in [1.29, 1.82) is 0 Å². The van der Waals surface area contributed by atoms with Crippen LogP contribution < -0.4 is 4.74 Å². The highest BCUT2D eigenvalue weighted by Gasteiger charge is 2.10. The highest BCUT2D eigenvalue weighted by atomic mass is 28.2. The zero-order valence-electron chi connectivity index (χ0n) is 10.9. The Hall–Kier alpha value is -1.33. The Labute approximate surface area is 105 Å². The number of carbonyl (C=O) groups excluding carboxylic acids is 1. The molecule has 0 heterocycles. The minimum Gasteiger partial charge on any atom is -0.493 e. The molecule has 0 aromatic heterocycles. The summed E-state index contributed by atoms with van der Waals surface area (Å²) >= 11 is 0. The molecule has 1 aromatic rings. The van der Waals surface area contributed by atoms with Crippen LogP contribution in [0.4, 0.5) is 0 Å². The number of esters is 1. The van der Waals surface area contributed by atoms with Crippen molar-refractivity contribution in [2.24, 2.45) is 0 Å². The summed E-state index contributed by atoms with van der Waals surface area (Å²) in [5, 5.41) is 0. The van der Waals surface area contributed by atoms with E-state index in [1.165, 1.54) is 7.11 Å². The fourth-order valence-electron chi connectivity index (χ4n) is 1.03. The van der Waals surface area contributed by atoms with Crippen LogP contribution in [0.3, 0.4) is 0 Å². The highest BCUT2D eigenvalue weighted by molar-refractivity contribution is 5.97. The first-order valence-corrected chi connectivity index (χ1v) is 6.31. The van der Waals surface area contributed by atoms with Crippen LogP contribution >= 0.6 is 0 Å². The normalized spacial score (nSPS) is 9.12. The van der Waals surface area contributed by atoms with Crippen molar-refractivity contribution in [3.8, 4) is 5.75 Å². The summed E-state index contributed by atoms with van der Waals surface area (Å²) in [4.78, 5) is 11.2. The molecule has 0 bridgehead atoms. The molecule has 0 saturated carbocycles. The van der Waals surface area contributed by atoms with Gasteiger partial charge in [0.1, 0.15) is 21.8 Å². The van der Waals surface area contributed by atoms with Crippen molar-refractivity contribution < 1.29 is 18.7 Å². The third kappa shape index (κ3) is 6.08. The molecule has 0 fully saturated rings. The van der Waals surface area contributed by atoms with Gasteiger partial charge in [-0.05, 0) is 26.0 Å². The number of benzene rings is 1. The van der Waals surface area contributed by atoms with Gasteiger partial charge in [-0.15, -0.1) is 0 Å². The predicted molar refractivity (Wildman–Crippen MR) is 70.5 cm³/mol. The number of rotatable bonds is 4. The summed E-state index contributed by atoms with van der Waals surface area (Å²) in [7, 11) is 2.24. The van der Waals surface area contributed by atoms with Crippen molar-refractivity contribution in [2.75, 3.05) is 20.3 Å². The third-order valence-corrected chi connectivity index (χ3v) is 2.46. The Morgan fingerprint density at radius 1 is 1.24 bits per heavy atom. The molecular weight excluding hydrogens is 236 g/mol. The Morgan fingerprint density at radius 2 is 1.82 bits per heavy atom. The number of hydrogen-bond donors (Lipinski definition) is 0. The van der Waals surface area contributed by atoms with Gasteiger partial charge in [-0.1, -0.05) is 12.1 Å². The first-order chi connectivity index (χ1) is 8.21. The predicted octanol–water partition coefficient (Wildman–Crippen LogP) is 1.18. The van der Waals surface area contributed by atoms with E-state index in [0.29, 0.717) is 17.9 Å². The van der Waals surface area contributed by atoms with Crippen molar-refractivity contribution in [3.05, 3.63) is 29.8 Å². The van der Waals surface area contributed by atoms with Crippen LogP contribution in [-0.4, -0.2) is 36.8 Å². The van der Waals surface area contributed by atoms with Gasteiger partial charge in [0.05, 0.1) is 13.7 Å². The van der Waals surface area contributed by atoms with E-state index in [-0.39, 0.29) is 5.97 Å². The number of methoxy groups -OCH3 is 1. The van der Waals surface area contributed by atoms with Gasteiger partial charge < -0.3 is 13.9 Å². The van der Waals surface area contributed by atoms with Gasteiger partial charge in [0, 0.05) is 6.61 Å². The summed E-state index contributed by atoms with van der Waals surface area (Å²) in [6, 6.07) is 7.01.